The molecule has 8 nitrogen and oxygen atoms in total. The zero-order chi connectivity index (χ0) is 18.0. The van der Waals surface area contributed by atoms with Crippen LogP contribution in [0.15, 0.2) is 50.9 Å². The minimum atomic E-state index is -4.00. The Labute approximate surface area is 144 Å². The van der Waals surface area contributed by atoms with E-state index < -0.39 is 27.2 Å². The molecule has 2 N–H and O–H groups in total. The predicted octanol–water partition coefficient (Wildman–Crippen LogP) is 2.01. The number of H-pyrrole nitrogens is 1. The van der Waals surface area contributed by atoms with Crippen LogP contribution >= 0.6 is 11.3 Å². The second-order valence-corrected chi connectivity index (χ2v) is 7.40. The predicted molar refractivity (Wildman–Crippen MR) is 85.3 cm³/mol. The van der Waals surface area contributed by atoms with Crippen LogP contribution in [0, 0.1) is 5.82 Å². The van der Waals surface area contributed by atoms with Crippen LogP contribution in [0.4, 0.5) is 4.39 Å². The lowest BCUT2D eigenvalue weighted by atomic mass is 10.2. The Hall–Kier alpha value is -2.92. The first-order chi connectivity index (χ1) is 11.9. The molecule has 0 atom stereocenters. The number of tetrazole rings is 1. The van der Waals surface area contributed by atoms with Crippen molar-refractivity contribution in [1.82, 2.24) is 20.6 Å². The number of aromatic nitrogens is 4. The number of allylic oxidation sites excluding steroid dienone is 1. The molecule has 2 heterocycles. The summed E-state index contributed by atoms with van der Waals surface area (Å²) in [4.78, 5) is 11.5. The topological polar surface area (TPSA) is 126 Å². The summed E-state index contributed by atoms with van der Waals surface area (Å²) in [5.74, 6) is -2.15. The van der Waals surface area contributed by atoms with Crippen LogP contribution in [0.2, 0.25) is 0 Å². The van der Waals surface area contributed by atoms with E-state index in [2.05, 4.69) is 20.6 Å². The van der Waals surface area contributed by atoms with E-state index in [1.54, 1.807) is 0 Å². The second kappa shape index (κ2) is 6.53. The van der Waals surface area contributed by atoms with Crippen molar-refractivity contribution >= 4 is 32.7 Å². The fourth-order valence-corrected chi connectivity index (χ4v) is 4.61. The molecule has 2 aromatic heterocycles. The maximum absolute atomic E-state index is 13.0. The molecule has 3 aromatic rings. The summed E-state index contributed by atoms with van der Waals surface area (Å²) in [6, 6.07) is 4.29. The Morgan fingerprint density at radius 3 is 2.60 bits per heavy atom. The molecule has 0 unspecified atom stereocenters. The molecular formula is C14H9FN4O4S2. The molecule has 0 spiro atoms. The van der Waals surface area contributed by atoms with Gasteiger partial charge in [-0.1, -0.05) is 0 Å². The summed E-state index contributed by atoms with van der Waals surface area (Å²) >= 11 is 1.03. The third kappa shape index (κ3) is 3.32. The maximum Gasteiger partial charge on any atom is 0.244 e. The molecule has 0 bridgehead atoms. The molecule has 0 radical (unpaired) electrons. The van der Waals surface area contributed by atoms with Gasteiger partial charge in [-0.15, -0.1) is 10.2 Å². The monoisotopic (exact) mass is 380 g/mol. The molecule has 25 heavy (non-hydrogen) atoms. The maximum atomic E-state index is 13.0. The average molecular weight is 380 g/mol. The van der Waals surface area contributed by atoms with Crippen LogP contribution in [0.1, 0.15) is 16.2 Å². The van der Waals surface area contributed by atoms with E-state index in [-0.39, 0.29) is 21.2 Å². The zero-order valence-electron chi connectivity index (χ0n) is 12.2. The van der Waals surface area contributed by atoms with Gasteiger partial charge in [0.2, 0.25) is 21.4 Å². The van der Waals surface area contributed by atoms with E-state index in [1.807, 2.05) is 0 Å². The van der Waals surface area contributed by atoms with Gasteiger partial charge < -0.3 is 5.11 Å². The van der Waals surface area contributed by atoms with E-state index in [0.717, 1.165) is 41.7 Å². The zero-order valence-corrected chi connectivity index (χ0v) is 13.9. The van der Waals surface area contributed by atoms with Gasteiger partial charge in [-0.05, 0) is 29.5 Å². The number of ketones is 1. The molecule has 0 saturated heterocycles. The molecule has 0 aliphatic carbocycles. The molecule has 0 fully saturated rings. The lowest BCUT2D eigenvalue weighted by Gasteiger charge is -2.06. The Morgan fingerprint density at radius 2 is 1.96 bits per heavy atom. The Balaban J connectivity index is 2.00. The van der Waals surface area contributed by atoms with Gasteiger partial charge in [0.25, 0.3) is 0 Å². The van der Waals surface area contributed by atoms with Crippen LogP contribution in [0.3, 0.4) is 0 Å². The number of sulfone groups is 1. The highest BCUT2D eigenvalue weighted by molar-refractivity contribution is 7.91. The second-order valence-electron chi connectivity index (χ2n) is 4.74. The van der Waals surface area contributed by atoms with Crippen LogP contribution in [-0.2, 0) is 9.84 Å². The Bertz CT molecular complexity index is 1040. The lowest BCUT2D eigenvalue weighted by molar-refractivity contribution is 0.103. The molecule has 0 saturated carbocycles. The molecule has 0 aliphatic heterocycles. The highest BCUT2D eigenvalue weighted by Gasteiger charge is 2.24. The van der Waals surface area contributed by atoms with Crippen molar-refractivity contribution in [3.05, 3.63) is 58.3 Å². The quantitative estimate of drug-likeness (QED) is 0.300. The number of rotatable bonds is 5. The number of nitrogens with zero attached hydrogens (tertiary/aromatic N) is 3. The normalized spacial score (nSPS) is 12.3. The number of benzene rings is 1. The minimum absolute atomic E-state index is 0.0498. The van der Waals surface area contributed by atoms with Crippen LogP contribution < -0.4 is 0 Å². The van der Waals surface area contributed by atoms with Crippen molar-refractivity contribution in [2.75, 3.05) is 0 Å². The number of hydrogen-bond donors (Lipinski definition) is 2. The fourth-order valence-electron chi connectivity index (χ4n) is 1.95. The molecule has 128 valence electrons. The van der Waals surface area contributed by atoms with Crippen LogP contribution in [0.25, 0.3) is 5.76 Å². The minimum Gasteiger partial charge on any atom is -0.507 e. The average Bonchev–Trinajstić information content (AvgIpc) is 3.27. The van der Waals surface area contributed by atoms with Gasteiger partial charge in [0.1, 0.15) is 11.6 Å². The number of aliphatic hydroxyl groups is 1. The fraction of sp³-hybridized carbons (Fsp3) is 0. The van der Waals surface area contributed by atoms with Crippen molar-refractivity contribution < 1.29 is 22.7 Å². The van der Waals surface area contributed by atoms with E-state index in [0.29, 0.717) is 0 Å². The van der Waals surface area contributed by atoms with Gasteiger partial charge in [-0.25, -0.2) is 12.8 Å². The lowest BCUT2D eigenvalue weighted by Crippen LogP contribution is -2.05. The van der Waals surface area contributed by atoms with Gasteiger partial charge in [-0.3, -0.25) is 4.79 Å². The molecule has 1 aromatic carbocycles. The van der Waals surface area contributed by atoms with E-state index >= 15 is 0 Å². The van der Waals surface area contributed by atoms with Gasteiger partial charge in [0.05, 0.1) is 9.79 Å². The van der Waals surface area contributed by atoms with Crippen molar-refractivity contribution in [1.29, 1.82) is 0 Å². The first-order valence-corrected chi connectivity index (χ1v) is 9.08. The van der Waals surface area contributed by atoms with E-state index in [4.69, 9.17) is 0 Å². The molecule has 0 amide bonds. The highest BCUT2D eigenvalue weighted by atomic mass is 32.2. The number of aromatic amines is 1. The molecule has 11 heteroatoms. The van der Waals surface area contributed by atoms with Gasteiger partial charge in [0, 0.05) is 22.4 Å². The number of carbonyl (C=O) groups is 1. The van der Waals surface area contributed by atoms with Gasteiger partial charge >= 0.3 is 0 Å². The number of thiophene rings is 1. The smallest absolute Gasteiger partial charge is 0.244 e. The van der Waals surface area contributed by atoms with Crippen molar-refractivity contribution in [3.63, 3.8) is 0 Å². The Kier molecular flexibility index (Phi) is 4.42. The summed E-state index contributed by atoms with van der Waals surface area (Å²) in [6.07, 6.45) is 0.802. The summed E-state index contributed by atoms with van der Waals surface area (Å²) < 4.78 is 38.3. The number of halogens is 1. The summed E-state index contributed by atoms with van der Waals surface area (Å²) in [6.45, 7) is 0. The van der Waals surface area contributed by atoms with Gasteiger partial charge in [0.15, 0.2) is 0 Å². The van der Waals surface area contributed by atoms with Crippen molar-refractivity contribution in [2.24, 2.45) is 0 Å². The number of hydrogen-bond acceptors (Lipinski definition) is 8. The third-order valence-electron chi connectivity index (χ3n) is 3.15. The van der Waals surface area contributed by atoms with Crippen LogP contribution in [-0.4, -0.2) is 39.9 Å². The van der Waals surface area contributed by atoms with Crippen molar-refractivity contribution in [2.45, 2.75) is 9.79 Å². The highest BCUT2D eigenvalue weighted by Crippen LogP contribution is 2.31. The summed E-state index contributed by atoms with van der Waals surface area (Å²) in [5, 5.41) is 25.1. The number of carbonyl (C=O) groups excluding carboxylic acids is 1. The van der Waals surface area contributed by atoms with Gasteiger partial charge in [-0.2, -0.15) is 16.6 Å². The summed E-state index contributed by atoms with van der Waals surface area (Å²) in [5.41, 5.74) is -0.0498. The van der Waals surface area contributed by atoms with Crippen LogP contribution in [0.5, 0.6) is 0 Å². The van der Waals surface area contributed by atoms with E-state index in [1.165, 1.54) is 10.8 Å². The summed E-state index contributed by atoms with van der Waals surface area (Å²) in [7, 11) is -4.00. The first kappa shape index (κ1) is 16.9. The standard InChI is InChI=1S/C14H9FN4O4S2/c15-8-1-3-9(4-2-8)25(22,23)13-7-24-6-10(13)11(20)5-12(21)14-16-18-19-17-14/h1-7,20H,(H,16,17,18,19). The molecule has 3 rings (SSSR count). The SMILES string of the molecule is O=C(C=C(O)c1cscc1S(=O)(=O)c1ccc(F)cc1)c1nn[nH]n1. The first-order valence-electron chi connectivity index (χ1n) is 6.65. The van der Waals surface area contributed by atoms with Crippen molar-refractivity contribution in [3.8, 4) is 0 Å². The third-order valence-corrected chi connectivity index (χ3v) is 5.85. The molecule has 0 aliphatic rings. The van der Waals surface area contributed by atoms with E-state index in [9.17, 15) is 22.7 Å². The number of nitrogens with one attached hydrogen (secondary N) is 1. The number of aliphatic hydroxyl groups excluding tert-OH is 1. The Morgan fingerprint density at radius 1 is 1.24 bits per heavy atom. The largest absolute Gasteiger partial charge is 0.507 e. The molecular weight excluding hydrogens is 371 g/mol.